The minimum Gasteiger partial charge on any atom is -0.386 e. The third-order valence-corrected chi connectivity index (χ3v) is 2.84. The molecule has 0 bridgehead atoms. The molecule has 0 amide bonds. The minimum absolute atomic E-state index is 0.726. The summed E-state index contributed by atoms with van der Waals surface area (Å²) in [4.78, 5) is 4.38. The molecule has 0 atom stereocenters. The van der Waals surface area contributed by atoms with Gasteiger partial charge < -0.3 is 5.32 Å². The fourth-order valence-electron chi connectivity index (χ4n) is 1.30. The molecule has 0 fully saturated rings. The van der Waals surface area contributed by atoms with Gasteiger partial charge in [-0.3, -0.25) is 0 Å². The monoisotopic (exact) mass is 270 g/mol. The molecule has 0 unspecified atom stereocenters. The SMILES string of the molecule is CNc1cc2cc(Cl)ccc2nc1Br. The van der Waals surface area contributed by atoms with Gasteiger partial charge in [-0.15, -0.1) is 0 Å². The highest BCUT2D eigenvalue weighted by Crippen LogP contribution is 2.26. The Labute approximate surface area is 95.4 Å². The molecule has 1 heterocycles. The van der Waals surface area contributed by atoms with Crippen molar-refractivity contribution < 1.29 is 0 Å². The molecule has 1 aromatic heterocycles. The average Bonchev–Trinajstić information content (AvgIpc) is 2.17. The Bertz CT molecular complexity index is 485. The van der Waals surface area contributed by atoms with E-state index in [-0.39, 0.29) is 0 Å². The molecule has 1 N–H and O–H groups in total. The number of hydrogen-bond acceptors (Lipinski definition) is 2. The maximum atomic E-state index is 5.89. The van der Waals surface area contributed by atoms with Crippen LogP contribution in [0.25, 0.3) is 10.9 Å². The molecule has 4 heteroatoms. The highest BCUT2D eigenvalue weighted by molar-refractivity contribution is 9.10. The third kappa shape index (κ3) is 1.70. The largest absolute Gasteiger partial charge is 0.386 e. The molecule has 2 aromatic rings. The summed E-state index contributed by atoms with van der Waals surface area (Å²) in [7, 11) is 1.86. The fourth-order valence-corrected chi connectivity index (χ4v) is 1.98. The van der Waals surface area contributed by atoms with Gasteiger partial charge in [0.25, 0.3) is 0 Å². The molecular formula is C10H8BrClN2. The lowest BCUT2D eigenvalue weighted by molar-refractivity contribution is 1.33. The molecule has 0 radical (unpaired) electrons. The summed E-state index contributed by atoms with van der Waals surface area (Å²) < 4.78 is 0.815. The zero-order valence-corrected chi connectivity index (χ0v) is 9.85. The summed E-state index contributed by atoms with van der Waals surface area (Å²) in [5, 5.41) is 4.81. The summed E-state index contributed by atoms with van der Waals surface area (Å²) in [5.74, 6) is 0. The van der Waals surface area contributed by atoms with E-state index >= 15 is 0 Å². The molecule has 2 nitrogen and oxygen atoms in total. The lowest BCUT2D eigenvalue weighted by atomic mass is 10.2. The highest BCUT2D eigenvalue weighted by Gasteiger charge is 2.02. The third-order valence-electron chi connectivity index (χ3n) is 2.00. The summed E-state index contributed by atoms with van der Waals surface area (Å²) in [6.07, 6.45) is 0. The molecule has 0 spiro atoms. The Balaban J connectivity index is 2.73. The van der Waals surface area contributed by atoms with Crippen LogP contribution in [0.2, 0.25) is 5.02 Å². The highest BCUT2D eigenvalue weighted by atomic mass is 79.9. The summed E-state index contributed by atoms with van der Waals surface area (Å²) in [6.45, 7) is 0. The van der Waals surface area contributed by atoms with Gasteiger partial charge in [0.15, 0.2) is 0 Å². The number of anilines is 1. The Morgan fingerprint density at radius 3 is 2.86 bits per heavy atom. The molecule has 0 saturated carbocycles. The van der Waals surface area contributed by atoms with Gasteiger partial charge >= 0.3 is 0 Å². The Kier molecular flexibility index (Phi) is 2.61. The second-order valence-corrected chi connectivity index (χ2v) is 4.10. The molecule has 0 aliphatic rings. The van der Waals surface area contributed by atoms with Crippen LogP contribution < -0.4 is 5.32 Å². The summed E-state index contributed by atoms with van der Waals surface area (Å²) >= 11 is 9.28. The zero-order chi connectivity index (χ0) is 10.1. The van der Waals surface area contributed by atoms with Crippen LogP contribution in [0.4, 0.5) is 5.69 Å². The van der Waals surface area contributed by atoms with Crippen molar-refractivity contribution in [1.29, 1.82) is 0 Å². The Morgan fingerprint density at radius 1 is 1.36 bits per heavy atom. The lowest BCUT2D eigenvalue weighted by Gasteiger charge is -2.05. The van der Waals surface area contributed by atoms with Gasteiger partial charge in [-0.05, 0) is 40.2 Å². The first-order valence-corrected chi connectivity index (χ1v) is 5.31. The van der Waals surface area contributed by atoms with E-state index in [0.29, 0.717) is 0 Å². The molecule has 0 aliphatic heterocycles. The smallest absolute Gasteiger partial charge is 0.129 e. The predicted molar refractivity (Wildman–Crippen MR) is 64.0 cm³/mol. The molecule has 0 aliphatic carbocycles. The van der Waals surface area contributed by atoms with E-state index in [0.717, 1.165) is 26.2 Å². The van der Waals surface area contributed by atoms with E-state index in [9.17, 15) is 0 Å². The lowest BCUT2D eigenvalue weighted by Crippen LogP contribution is -1.92. The van der Waals surface area contributed by atoms with Gasteiger partial charge in [0.1, 0.15) is 4.60 Å². The number of hydrogen-bond donors (Lipinski definition) is 1. The Morgan fingerprint density at radius 2 is 2.14 bits per heavy atom. The van der Waals surface area contributed by atoms with Gasteiger partial charge in [0.05, 0.1) is 11.2 Å². The van der Waals surface area contributed by atoms with E-state index in [2.05, 4.69) is 26.2 Å². The van der Waals surface area contributed by atoms with Gasteiger partial charge in [0, 0.05) is 17.5 Å². The van der Waals surface area contributed by atoms with Crippen LogP contribution in [0.1, 0.15) is 0 Å². The molecule has 14 heavy (non-hydrogen) atoms. The van der Waals surface area contributed by atoms with Crippen LogP contribution in [0.5, 0.6) is 0 Å². The summed E-state index contributed by atoms with van der Waals surface area (Å²) in [6, 6.07) is 7.65. The molecule has 72 valence electrons. The normalized spacial score (nSPS) is 10.5. The Hall–Kier alpha value is -0.800. The topological polar surface area (TPSA) is 24.9 Å². The van der Waals surface area contributed by atoms with Crippen molar-refractivity contribution in [2.45, 2.75) is 0 Å². The van der Waals surface area contributed by atoms with Crippen molar-refractivity contribution >= 4 is 44.1 Å². The number of halogens is 2. The molecule has 1 aromatic carbocycles. The number of benzene rings is 1. The number of rotatable bonds is 1. The second-order valence-electron chi connectivity index (χ2n) is 2.91. The number of aromatic nitrogens is 1. The second kappa shape index (κ2) is 3.75. The van der Waals surface area contributed by atoms with Crippen molar-refractivity contribution in [3.8, 4) is 0 Å². The van der Waals surface area contributed by atoms with E-state index < -0.39 is 0 Å². The number of nitrogens with one attached hydrogen (secondary N) is 1. The standard InChI is InChI=1S/C10H8BrClN2/c1-13-9-5-6-4-7(12)2-3-8(6)14-10(9)11/h2-5,13H,1H3. The minimum atomic E-state index is 0.726. The van der Waals surface area contributed by atoms with Gasteiger partial charge in [0.2, 0.25) is 0 Å². The van der Waals surface area contributed by atoms with Crippen molar-refractivity contribution in [2.24, 2.45) is 0 Å². The van der Waals surface area contributed by atoms with Crippen LogP contribution in [0, 0.1) is 0 Å². The molecular weight excluding hydrogens is 263 g/mol. The van der Waals surface area contributed by atoms with E-state index in [1.165, 1.54) is 0 Å². The zero-order valence-electron chi connectivity index (χ0n) is 7.51. The van der Waals surface area contributed by atoms with Crippen LogP contribution in [0.15, 0.2) is 28.9 Å². The fraction of sp³-hybridized carbons (Fsp3) is 0.100. The quantitative estimate of drug-likeness (QED) is 0.800. The van der Waals surface area contributed by atoms with Crippen molar-refractivity contribution in [2.75, 3.05) is 12.4 Å². The first-order valence-electron chi connectivity index (χ1n) is 4.14. The van der Waals surface area contributed by atoms with Crippen molar-refractivity contribution in [1.82, 2.24) is 4.98 Å². The van der Waals surface area contributed by atoms with Gasteiger partial charge in [-0.1, -0.05) is 11.6 Å². The van der Waals surface area contributed by atoms with Gasteiger partial charge in [-0.25, -0.2) is 4.98 Å². The van der Waals surface area contributed by atoms with E-state index in [1.807, 2.05) is 31.3 Å². The van der Waals surface area contributed by atoms with Crippen molar-refractivity contribution in [3.05, 3.63) is 33.9 Å². The van der Waals surface area contributed by atoms with E-state index in [1.54, 1.807) is 0 Å². The number of fused-ring (bicyclic) bond motifs is 1. The average molecular weight is 272 g/mol. The molecule has 2 rings (SSSR count). The number of pyridine rings is 1. The molecule has 0 saturated heterocycles. The number of nitrogens with zero attached hydrogens (tertiary/aromatic N) is 1. The van der Waals surface area contributed by atoms with Crippen molar-refractivity contribution in [3.63, 3.8) is 0 Å². The first kappa shape index (κ1) is 9.74. The van der Waals surface area contributed by atoms with Gasteiger partial charge in [-0.2, -0.15) is 0 Å². The van der Waals surface area contributed by atoms with Crippen LogP contribution in [-0.4, -0.2) is 12.0 Å². The summed E-state index contributed by atoms with van der Waals surface area (Å²) in [5.41, 5.74) is 1.89. The van der Waals surface area contributed by atoms with E-state index in [4.69, 9.17) is 11.6 Å². The predicted octanol–water partition coefficient (Wildman–Crippen LogP) is 3.69. The maximum absolute atomic E-state index is 5.89. The first-order chi connectivity index (χ1) is 6.70. The van der Waals surface area contributed by atoms with Crippen LogP contribution in [0.3, 0.4) is 0 Å². The maximum Gasteiger partial charge on any atom is 0.129 e. The van der Waals surface area contributed by atoms with Crippen LogP contribution in [-0.2, 0) is 0 Å². The van der Waals surface area contributed by atoms with Crippen LogP contribution >= 0.6 is 27.5 Å².